The van der Waals surface area contributed by atoms with Crippen LogP contribution in [0.2, 0.25) is 10.0 Å². The van der Waals surface area contributed by atoms with E-state index in [4.69, 9.17) is 27.9 Å². The average Bonchev–Trinajstić information content (AvgIpc) is 2.39. The fourth-order valence-electron chi connectivity index (χ4n) is 2.42. The lowest BCUT2D eigenvalue weighted by Crippen LogP contribution is -2.21. The quantitative estimate of drug-likeness (QED) is 0.740. The predicted molar refractivity (Wildman–Crippen MR) is 80.0 cm³/mol. The first-order valence-electron chi connectivity index (χ1n) is 6.30. The molecule has 1 unspecified atom stereocenters. The Balaban J connectivity index is 2.04. The summed E-state index contributed by atoms with van der Waals surface area (Å²) in [6.45, 7) is 1.95. The first-order chi connectivity index (χ1) is 9.56. The molecule has 0 saturated carbocycles. The second kappa shape index (κ2) is 5.12. The van der Waals surface area contributed by atoms with Crippen molar-refractivity contribution in [3.63, 3.8) is 0 Å². The minimum atomic E-state index is -0.432. The van der Waals surface area contributed by atoms with Crippen molar-refractivity contribution < 1.29 is 9.53 Å². The first kappa shape index (κ1) is 13.5. The van der Waals surface area contributed by atoms with Crippen molar-refractivity contribution in [2.75, 3.05) is 0 Å². The number of hydrogen-bond donors (Lipinski definition) is 0. The van der Waals surface area contributed by atoms with E-state index in [1.54, 1.807) is 18.2 Å². The van der Waals surface area contributed by atoms with Crippen LogP contribution >= 0.6 is 23.2 Å². The van der Waals surface area contributed by atoms with Crippen molar-refractivity contribution in [1.29, 1.82) is 0 Å². The van der Waals surface area contributed by atoms with E-state index in [9.17, 15) is 4.79 Å². The molecule has 1 atom stereocenters. The maximum absolute atomic E-state index is 12.3. The fraction of sp³-hybridized carbons (Fsp3) is 0.188. The van der Waals surface area contributed by atoms with E-state index in [1.165, 1.54) is 0 Å². The van der Waals surface area contributed by atoms with Gasteiger partial charge in [0.25, 0.3) is 0 Å². The number of carbonyl (C=O) groups excluding carboxylic acids is 1. The summed E-state index contributed by atoms with van der Waals surface area (Å²) in [6.07, 6.45) is -0.182. The highest BCUT2D eigenvalue weighted by atomic mass is 35.5. The zero-order valence-electron chi connectivity index (χ0n) is 10.8. The molecule has 0 aliphatic carbocycles. The number of carbonyl (C=O) groups is 1. The van der Waals surface area contributed by atoms with E-state index in [1.807, 2.05) is 25.1 Å². The summed E-state index contributed by atoms with van der Waals surface area (Å²) in [6, 6.07) is 10.9. The standard InChI is InChI=1S/C16H12Cl2O2/c1-9-5-6-14-10(7-9)13(19)8-15(20-14)16-11(17)3-2-4-12(16)18/h2-7,15H,8H2,1H3. The van der Waals surface area contributed by atoms with Gasteiger partial charge in [-0.1, -0.05) is 40.9 Å². The molecule has 0 bridgehead atoms. The molecule has 4 heteroatoms. The summed E-state index contributed by atoms with van der Waals surface area (Å²) < 4.78 is 5.92. The lowest BCUT2D eigenvalue weighted by Gasteiger charge is -2.27. The highest BCUT2D eigenvalue weighted by Crippen LogP contribution is 2.40. The molecule has 0 radical (unpaired) electrons. The van der Waals surface area contributed by atoms with E-state index in [-0.39, 0.29) is 12.2 Å². The third-order valence-corrected chi connectivity index (χ3v) is 4.06. The Hall–Kier alpha value is -1.51. The van der Waals surface area contributed by atoms with Crippen LogP contribution in [0.4, 0.5) is 0 Å². The molecule has 1 aliphatic rings. The molecule has 0 fully saturated rings. The molecule has 20 heavy (non-hydrogen) atoms. The summed E-state index contributed by atoms with van der Waals surface area (Å²) in [4.78, 5) is 12.3. The van der Waals surface area contributed by atoms with Crippen LogP contribution in [0, 0.1) is 6.92 Å². The van der Waals surface area contributed by atoms with Gasteiger partial charge in [-0.2, -0.15) is 0 Å². The van der Waals surface area contributed by atoms with E-state index in [0.29, 0.717) is 26.9 Å². The number of halogens is 2. The fourth-order valence-corrected chi connectivity index (χ4v) is 3.06. The van der Waals surface area contributed by atoms with Crippen LogP contribution in [0.3, 0.4) is 0 Å². The summed E-state index contributed by atoms with van der Waals surface area (Å²) in [5.74, 6) is 0.642. The van der Waals surface area contributed by atoms with Crippen LogP contribution in [-0.2, 0) is 0 Å². The molecule has 0 amide bonds. The minimum absolute atomic E-state index is 0.0518. The number of hydrogen-bond acceptors (Lipinski definition) is 2. The van der Waals surface area contributed by atoms with Gasteiger partial charge in [-0.25, -0.2) is 0 Å². The van der Waals surface area contributed by atoms with Crippen molar-refractivity contribution in [2.45, 2.75) is 19.4 Å². The van der Waals surface area contributed by atoms with Gasteiger partial charge in [0.05, 0.1) is 12.0 Å². The van der Waals surface area contributed by atoms with Crippen LogP contribution in [0.5, 0.6) is 5.75 Å². The Morgan fingerprint density at radius 3 is 2.55 bits per heavy atom. The molecule has 1 aliphatic heterocycles. The molecule has 2 aromatic rings. The number of rotatable bonds is 1. The van der Waals surface area contributed by atoms with Crippen molar-refractivity contribution >= 4 is 29.0 Å². The topological polar surface area (TPSA) is 26.3 Å². The summed E-state index contributed by atoms with van der Waals surface area (Å²) in [5.41, 5.74) is 2.34. The smallest absolute Gasteiger partial charge is 0.170 e. The van der Waals surface area contributed by atoms with Crippen LogP contribution < -0.4 is 4.74 Å². The molecule has 2 aromatic carbocycles. The van der Waals surface area contributed by atoms with Gasteiger partial charge in [0.1, 0.15) is 11.9 Å². The Bertz CT molecular complexity index is 675. The van der Waals surface area contributed by atoms with Gasteiger partial charge in [-0.3, -0.25) is 4.79 Å². The lowest BCUT2D eigenvalue weighted by molar-refractivity contribution is 0.0850. The van der Waals surface area contributed by atoms with Gasteiger partial charge in [0.15, 0.2) is 5.78 Å². The number of benzene rings is 2. The van der Waals surface area contributed by atoms with E-state index >= 15 is 0 Å². The Morgan fingerprint density at radius 1 is 1.15 bits per heavy atom. The van der Waals surface area contributed by atoms with Gasteiger partial charge in [0, 0.05) is 15.6 Å². The first-order valence-corrected chi connectivity index (χ1v) is 7.06. The number of ketones is 1. The van der Waals surface area contributed by atoms with E-state index < -0.39 is 6.10 Å². The van der Waals surface area contributed by atoms with Gasteiger partial charge in [0.2, 0.25) is 0 Å². The molecule has 1 heterocycles. The van der Waals surface area contributed by atoms with Gasteiger partial charge >= 0.3 is 0 Å². The molecule has 0 saturated heterocycles. The van der Waals surface area contributed by atoms with Crippen LogP contribution in [0.1, 0.15) is 34.0 Å². The SMILES string of the molecule is Cc1ccc2c(c1)C(=O)CC(c1c(Cl)cccc1Cl)O2. The van der Waals surface area contributed by atoms with Crippen molar-refractivity contribution in [2.24, 2.45) is 0 Å². The minimum Gasteiger partial charge on any atom is -0.484 e. The molecule has 2 nitrogen and oxygen atoms in total. The van der Waals surface area contributed by atoms with Crippen LogP contribution in [-0.4, -0.2) is 5.78 Å². The maximum Gasteiger partial charge on any atom is 0.170 e. The van der Waals surface area contributed by atoms with E-state index in [0.717, 1.165) is 5.56 Å². The monoisotopic (exact) mass is 306 g/mol. The average molecular weight is 307 g/mol. The molecule has 0 N–H and O–H groups in total. The number of ether oxygens (including phenoxy) is 1. The number of fused-ring (bicyclic) bond motifs is 1. The largest absolute Gasteiger partial charge is 0.484 e. The predicted octanol–water partition coefficient (Wildman–Crippen LogP) is 5.01. The maximum atomic E-state index is 12.3. The zero-order chi connectivity index (χ0) is 14.3. The van der Waals surface area contributed by atoms with Crippen molar-refractivity contribution in [3.05, 3.63) is 63.1 Å². The molecule has 102 valence electrons. The number of Topliss-reactive ketones (excluding diaryl/α,β-unsaturated/α-hetero) is 1. The van der Waals surface area contributed by atoms with Crippen LogP contribution in [0.15, 0.2) is 36.4 Å². The summed E-state index contributed by atoms with van der Waals surface area (Å²) >= 11 is 12.4. The third kappa shape index (κ3) is 2.30. The number of aryl methyl sites for hydroxylation is 1. The summed E-state index contributed by atoms with van der Waals surface area (Å²) in [7, 11) is 0. The normalized spacial score (nSPS) is 17.6. The highest BCUT2D eigenvalue weighted by Gasteiger charge is 2.30. The van der Waals surface area contributed by atoms with Crippen molar-refractivity contribution in [3.8, 4) is 5.75 Å². The second-order valence-corrected chi connectivity index (χ2v) is 5.68. The van der Waals surface area contributed by atoms with E-state index in [2.05, 4.69) is 0 Å². The third-order valence-electron chi connectivity index (χ3n) is 3.40. The molecule has 0 spiro atoms. The molecule has 0 aromatic heterocycles. The van der Waals surface area contributed by atoms with Gasteiger partial charge in [-0.15, -0.1) is 0 Å². The zero-order valence-corrected chi connectivity index (χ0v) is 12.3. The van der Waals surface area contributed by atoms with Crippen molar-refractivity contribution in [1.82, 2.24) is 0 Å². The molecule has 3 rings (SSSR count). The Labute approximate surface area is 127 Å². The molecular formula is C16H12Cl2O2. The highest BCUT2D eigenvalue weighted by molar-refractivity contribution is 6.36. The van der Waals surface area contributed by atoms with Gasteiger partial charge < -0.3 is 4.74 Å². The second-order valence-electron chi connectivity index (χ2n) is 4.87. The lowest BCUT2D eigenvalue weighted by atomic mass is 9.95. The Kier molecular flexibility index (Phi) is 3.45. The molecular weight excluding hydrogens is 295 g/mol. The Morgan fingerprint density at radius 2 is 1.85 bits per heavy atom. The van der Waals surface area contributed by atoms with Gasteiger partial charge in [-0.05, 0) is 31.2 Å². The van der Waals surface area contributed by atoms with Crippen LogP contribution in [0.25, 0.3) is 0 Å². The summed E-state index contributed by atoms with van der Waals surface area (Å²) in [5, 5.41) is 1.04.